The van der Waals surface area contributed by atoms with Gasteiger partial charge in [0.25, 0.3) is 5.91 Å². The third-order valence-corrected chi connectivity index (χ3v) is 5.24. The van der Waals surface area contributed by atoms with Crippen LogP contribution in [0.3, 0.4) is 0 Å². The molecule has 0 aliphatic heterocycles. The number of carboxylic acid groups (broad SMARTS) is 1. The van der Waals surface area contributed by atoms with Crippen molar-refractivity contribution in [2.75, 3.05) is 11.9 Å². The van der Waals surface area contributed by atoms with Gasteiger partial charge in [0.05, 0.1) is 15.6 Å². The fourth-order valence-electron chi connectivity index (χ4n) is 2.90. The molecule has 0 radical (unpaired) electrons. The number of carboxylic acids is 1. The third kappa shape index (κ3) is 5.84. The Labute approximate surface area is 195 Å². The predicted octanol–water partition coefficient (Wildman–Crippen LogP) is 4.84. The minimum atomic E-state index is -1.16. The standard InChI is InChI=1S/C23H20Cl2N4O3/c1-29(23-26-13-4-14-27-23)16-11-9-15(10-12-16)5-2-8-19(22(31)32)28-21(30)20-17(24)6-3-7-18(20)25/h2-7,9-14,19H,8H2,1H3,(H,28,30)(H,31,32). The van der Waals surface area contributed by atoms with Gasteiger partial charge < -0.3 is 15.3 Å². The number of carbonyl (C=O) groups excluding carboxylic acids is 1. The van der Waals surface area contributed by atoms with E-state index in [2.05, 4.69) is 15.3 Å². The summed E-state index contributed by atoms with van der Waals surface area (Å²) in [6, 6.07) is 12.9. The van der Waals surface area contributed by atoms with Crippen molar-refractivity contribution in [2.45, 2.75) is 12.5 Å². The van der Waals surface area contributed by atoms with E-state index in [1.54, 1.807) is 36.7 Å². The minimum Gasteiger partial charge on any atom is -0.480 e. The summed E-state index contributed by atoms with van der Waals surface area (Å²) in [6.45, 7) is 0. The van der Waals surface area contributed by atoms with Gasteiger partial charge in [-0.15, -0.1) is 0 Å². The Morgan fingerprint density at radius 3 is 2.28 bits per heavy atom. The molecule has 3 rings (SSSR count). The molecule has 0 fully saturated rings. The number of hydrogen-bond donors (Lipinski definition) is 2. The van der Waals surface area contributed by atoms with Crippen LogP contribution in [0.1, 0.15) is 22.3 Å². The van der Waals surface area contributed by atoms with Crippen molar-refractivity contribution in [3.8, 4) is 0 Å². The molecule has 0 saturated heterocycles. The number of halogens is 2. The Balaban J connectivity index is 1.64. The second-order valence-electron chi connectivity index (χ2n) is 6.80. The van der Waals surface area contributed by atoms with Crippen LogP contribution < -0.4 is 10.2 Å². The van der Waals surface area contributed by atoms with Gasteiger partial charge in [-0.3, -0.25) is 4.79 Å². The minimum absolute atomic E-state index is 0.0492. The average molecular weight is 471 g/mol. The lowest BCUT2D eigenvalue weighted by molar-refractivity contribution is -0.139. The SMILES string of the molecule is CN(c1ccc(C=CCC(NC(=O)c2c(Cl)cccc2Cl)C(=O)O)cc1)c1ncccn1. The van der Waals surface area contributed by atoms with E-state index in [1.165, 1.54) is 12.1 Å². The molecule has 2 N–H and O–H groups in total. The quantitative estimate of drug-likeness (QED) is 0.488. The number of anilines is 2. The molecule has 0 saturated carbocycles. The molecule has 9 heteroatoms. The Hall–Kier alpha value is -3.42. The van der Waals surface area contributed by atoms with Gasteiger partial charge in [0, 0.05) is 25.1 Å². The number of aliphatic carboxylic acids is 1. The fraction of sp³-hybridized carbons (Fsp3) is 0.130. The van der Waals surface area contributed by atoms with Crippen LogP contribution in [0.5, 0.6) is 0 Å². The van der Waals surface area contributed by atoms with Crippen LogP contribution in [0.15, 0.2) is 67.0 Å². The Bertz CT molecular complexity index is 1100. The van der Waals surface area contributed by atoms with Gasteiger partial charge in [0.1, 0.15) is 6.04 Å². The number of hydrogen-bond acceptors (Lipinski definition) is 5. The van der Waals surface area contributed by atoms with Crippen LogP contribution in [0.4, 0.5) is 11.6 Å². The summed E-state index contributed by atoms with van der Waals surface area (Å²) in [4.78, 5) is 34.3. The normalized spacial score (nSPS) is 11.8. The molecule has 7 nitrogen and oxygen atoms in total. The van der Waals surface area contributed by atoms with Gasteiger partial charge in [0.15, 0.2) is 0 Å². The van der Waals surface area contributed by atoms with E-state index in [0.29, 0.717) is 5.95 Å². The first-order valence-electron chi connectivity index (χ1n) is 9.62. The predicted molar refractivity (Wildman–Crippen MR) is 126 cm³/mol. The van der Waals surface area contributed by atoms with Gasteiger partial charge in [-0.05, 0) is 42.3 Å². The van der Waals surface area contributed by atoms with E-state index >= 15 is 0 Å². The van der Waals surface area contributed by atoms with Gasteiger partial charge in [0.2, 0.25) is 5.95 Å². The number of benzene rings is 2. The second kappa shape index (κ2) is 10.7. The van der Waals surface area contributed by atoms with Crippen molar-refractivity contribution in [2.24, 2.45) is 0 Å². The summed E-state index contributed by atoms with van der Waals surface area (Å²) in [5, 5.41) is 12.2. The van der Waals surface area contributed by atoms with Gasteiger partial charge >= 0.3 is 5.97 Å². The summed E-state index contributed by atoms with van der Waals surface area (Å²) < 4.78 is 0. The number of aromatic nitrogens is 2. The molecule has 1 heterocycles. The molecule has 0 spiro atoms. The summed E-state index contributed by atoms with van der Waals surface area (Å²) >= 11 is 12.1. The van der Waals surface area contributed by atoms with E-state index in [-0.39, 0.29) is 22.0 Å². The molecular weight excluding hydrogens is 451 g/mol. The van der Waals surface area contributed by atoms with Gasteiger partial charge in [-0.25, -0.2) is 14.8 Å². The second-order valence-corrected chi connectivity index (χ2v) is 7.61. The summed E-state index contributed by atoms with van der Waals surface area (Å²) in [7, 11) is 1.87. The number of nitrogens with zero attached hydrogens (tertiary/aromatic N) is 3. The number of carbonyl (C=O) groups is 2. The first kappa shape index (κ1) is 23.2. The smallest absolute Gasteiger partial charge is 0.326 e. The van der Waals surface area contributed by atoms with Crippen molar-refractivity contribution in [3.05, 3.63) is 88.2 Å². The lowest BCUT2D eigenvalue weighted by atomic mass is 10.1. The monoisotopic (exact) mass is 470 g/mol. The molecule has 1 amide bonds. The van der Waals surface area contributed by atoms with Crippen LogP contribution >= 0.6 is 23.2 Å². The molecule has 2 aromatic carbocycles. The maximum atomic E-state index is 12.5. The number of amides is 1. The molecule has 0 aliphatic rings. The van der Waals surface area contributed by atoms with Crippen LogP contribution in [0.2, 0.25) is 10.0 Å². The van der Waals surface area contributed by atoms with Crippen molar-refractivity contribution in [1.29, 1.82) is 0 Å². The van der Waals surface area contributed by atoms with Crippen molar-refractivity contribution in [1.82, 2.24) is 15.3 Å². The zero-order valence-electron chi connectivity index (χ0n) is 17.1. The van der Waals surface area contributed by atoms with E-state index in [0.717, 1.165) is 11.3 Å². The summed E-state index contributed by atoms with van der Waals surface area (Å²) in [5.74, 6) is -1.22. The van der Waals surface area contributed by atoms with E-state index < -0.39 is 17.9 Å². The lowest BCUT2D eigenvalue weighted by Gasteiger charge is -2.16. The molecule has 164 valence electrons. The van der Waals surface area contributed by atoms with Gasteiger partial charge in [-0.1, -0.05) is 53.6 Å². The average Bonchev–Trinajstić information content (AvgIpc) is 2.78. The topological polar surface area (TPSA) is 95.4 Å². The highest BCUT2D eigenvalue weighted by Crippen LogP contribution is 2.24. The molecule has 1 aromatic heterocycles. The summed E-state index contributed by atoms with van der Waals surface area (Å²) in [6.07, 6.45) is 6.91. The zero-order chi connectivity index (χ0) is 23.1. The maximum Gasteiger partial charge on any atom is 0.326 e. The third-order valence-electron chi connectivity index (χ3n) is 4.61. The van der Waals surface area contributed by atoms with E-state index in [4.69, 9.17) is 23.2 Å². The van der Waals surface area contributed by atoms with Crippen molar-refractivity contribution >= 4 is 52.8 Å². The van der Waals surface area contributed by atoms with Gasteiger partial charge in [-0.2, -0.15) is 0 Å². The Morgan fingerprint density at radius 1 is 1.06 bits per heavy atom. The first-order valence-corrected chi connectivity index (χ1v) is 10.4. The first-order chi connectivity index (χ1) is 15.4. The highest BCUT2D eigenvalue weighted by Gasteiger charge is 2.22. The molecule has 0 bridgehead atoms. The highest BCUT2D eigenvalue weighted by molar-refractivity contribution is 6.39. The number of nitrogens with one attached hydrogen (secondary N) is 1. The molecular formula is C23H20Cl2N4O3. The maximum absolute atomic E-state index is 12.5. The summed E-state index contributed by atoms with van der Waals surface area (Å²) in [5.41, 5.74) is 1.83. The van der Waals surface area contributed by atoms with Crippen molar-refractivity contribution < 1.29 is 14.7 Å². The lowest BCUT2D eigenvalue weighted by Crippen LogP contribution is -2.40. The Morgan fingerprint density at radius 2 is 1.69 bits per heavy atom. The molecule has 1 atom stereocenters. The molecule has 1 unspecified atom stereocenters. The van der Waals surface area contributed by atoms with Crippen LogP contribution in [-0.4, -0.2) is 40.0 Å². The fourth-order valence-corrected chi connectivity index (χ4v) is 3.46. The highest BCUT2D eigenvalue weighted by atomic mass is 35.5. The van der Waals surface area contributed by atoms with E-state index in [1.807, 2.05) is 36.2 Å². The molecule has 0 aliphatic carbocycles. The largest absolute Gasteiger partial charge is 0.480 e. The van der Waals surface area contributed by atoms with Crippen LogP contribution in [0.25, 0.3) is 6.08 Å². The molecule has 3 aromatic rings. The molecule has 32 heavy (non-hydrogen) atoms. The Kier molecular flexibility index (Phi) is 7.81. The van der Waals surface area contributed by atoms with Crippen LogP contribution in [-0.2, 0) is 4.79 Å². The van der Waals surface area contributed by atoms with E-state index in [9.17, 15) is 14.7 Å². The van der Waals surface area contributed by atoms with Crippen LogP contribution in [0, 0.1) is 0 Å². The number of rotatable bonds is 8. The zero-order valence-corrected chi connectivity index (χ0v) is 18.6. The van der Waals surface area contributed by atoms with Crippen molar-refractivity contribution in [3.63, 3.8) is 0 Å².